The minimum Gasteiger partial charge on any atom is -0.342 e. The molecule has 1 atom stereocenters. The summed E-state index contributed by atoms with van der Waals surface area (Å²) in [7, 11) is 0. The number of carbonyl (C=O) groups excluding carboxylic acids is 1. The van der Waals surface area contributed by atoms with E-state index in [1.54, 1.807) is 12.4 Å². The van der Waals surface area contributed by atoms with Crippen LogP contribution >= 0.6 is 43.5 Å². The summed E-state index contributed by atoms with van der Waals surface area (Å²) >= 11 is 13.7. The van der Waals surface area contributed by atoms with Crippen LogP contribution in [0.25, 0.3) is 10.6 Å². The molecule has 1 unspecified atom stereocenters. The third kappa shape index (κ3) is 4.79. The Labute approximate surface area is 215 Å². The van der Waals surface area contributed by atoms with Crippen molar-refractivity contribution in [3.63, 3.8) is 0 Å². The molecule has 168 valence electrons. The van der Waals surface area contributed by atoms with Crippen molar-refractivity contribution in [3.8, 4) is 0 Å². The molecule has 4 nitrogen and oxygen atoms in total. The van der Waals surface area contributed by atoms with Gasteiger partial charge in [0.25, 0.3) is 0 Å². The topological polar surface area (TPSA) is 46.1 Å². The van der Waals surface area contributed by atoms with E-state index in [2.05, 4.69) is 55.1 Å². The third-order valence-electron chi connectivity index (χ3n) is 6.57. The molecule has 0 bridgehead atoms. The van der Waals surface area contributed by atoms with E-state index in [1.165, 1.54) is 5.56 Å². The molecule has 1 amide bonds. The summed E-state index contributed by atoms with van der Waals surface area (Å²) in [5, 5.41) is 0.723. The van der Waals surface area contributed by atoms with Crippen molar-refractivity contribution in [1.29, 1.82) is 0 Å². The fourth-order valence-corrected chi connectivity index (χ4v) is 6.03. The first-order valence-corrected chi connectivity index (χ1v) is 12.9. The molecule has 1 aliphatic heterocycles. The molecule has 33 heavy (non-hydrogen) atoms. The van der Waals surface area contributed by atoms with Crippen LogP contribution in [0.2, 0.25) is 5.02 Å². The molecular formula is C26H22Br2ClN3O. The highest BCUT2D eigenvalue weighted by Crippen LogP contribution is 2.46. The van der Waals surface area contributed by atoms with Gasteiger partial charge in [0.05, 0.1) is 12.1 Å². The fourth-order valence-electron chi connectivity index (χ4n) is 4.95. The summed E-state index contributed by atoms with van der Waals surface area (Å²) in [4.78, 5) is 23.8. The van der Waals surface area contributed by atoms with E-state index in [0.29, 0.717) is 12.3 Å². The average Bonchev–Trinajstić information content (AvgIpc) is 2.93. The van der Waals surface area contributed by atoms with Crippen molar-refractivity contribution in [2.45, 2.75) is 25.2 Å². The number of hydrogen-bond acceptors (Lipinski definition) is 3. The van der Waals surface area contributed by atoms with Crippen molar-refractivity contribution < 1.29 is 4.79 Å². The van der Waals surface area contributed by atoms with Crippen LogP contribution in [-0.4, -0.2) is 33.9 Å². The molecule has 0 spiro atoms. The Bertz CT molecular complexity index is 1220. The number of pyridine rings is 2. The monoisotopic (exact) mass is 585 g/mol. The highest BCUT2D eigenvalue weighted by atomic mass is 79.9. The molecule has 3 heterocycles. The molecule has 1 saturated heterocycles. The zero-order valence-corrected chi connectivity index (χ0v) is 21.8. The maximum Gasteiger partial charge on any atom is 0.226 e. The van der Waals surface area contributed by atoms with Gasteiger partial charge in [-0.25, -0.2) is 0 Å². The number of halogens is 3. The van der Waals surface area contributed by atoms with Crippen LogP contribution in [0.1, 0.15) is 46.7 Å². The maximum atomic E-state index is 12.9. The molecule has 0 radical (unpaired) electrons. The van der Waals surface area contributed by atoms with Crippen LogP contribution in [0, 0.1) is 5.92 Å². The second-order valence-corrected chi connectivity index (χ2v) is 10.8. The van der Waals surface area contributed by atoms with Gasteiger partial charge in [-0.05, 0) is 87.8 Å². The van der Waals surface area contributed by atoms with Crippen LogP contribution in [0.15, 0.2) is 59.5 Å². The number of carbonyl (C=O) groups is 1. The number of amides is 1. The van der Waals surface area contributed by atoms with E-state index in [0.717, 1.165) is 62.3 Å². The zero-order chi connectivity index (χ0) is 22.9. The first kappa shape index (κ1) is 22.8. The Morgan fingerprint density at radius 3 is 2.61 bits per heavy atom. The van der Waals surface area contributed by atoms with Crippen molar-refractivity contribution in [2.75, 3.05) is 13.1 Å². The number of benzene rings is 1. The van der Waals surface area contributed by atoms with Crippen LogP contribution in [0.3, 0.4) is 0 Å². The largest absolute Gasteiger partial charge is 0.342 e. The Balaban J connectivity index is 1.42. The smallest absolute Gasteiger partial charge is 0.226 e. The number of aromatic nitrogens is 2. The van der Waals surface area contributed by atoms with Crippen LogP contribution in [0.5, 0.6) is 0 Å². The standard InChI is InChI=1S/C26H22Br2ClN3O/c27-19-14-22-23(28)13-18-12-20(29)1-2-21(18)25(26(22)31-15-19)17-5-9-32(10-6-17)24(33)11-16-3-7-30-8-4-16/h1-4,7-8,12-15,17,25H,5-6,9-11H2. The lowest BCUT2D eigenvalue weighted by atomic mass is 9.76. The number of piperidine rings is 1. The van der Waals surface area contributed by atoms with Gasteiger partial charge in [0.1, 0.15) is 0 Å². The third-order valence-corrected chi connectivity index (χ3v) is 7.90. The Morgan fingerprint density at radius 1 is 1.09 bits per heavy atom. The van der Waals surface area contributed by atoms with Gasteiger partial charge in [0.2, 0.25) is 5.91 Å². The molecule has 1 fully saturated rings. The van der Waals surface area contributed by atoms with Gasteiger partial charge in [-0.2, -0.15) is 0 Å². The van der Waals surface area contributed by atoms with Crippen LogP contribution in [-0.2, 0) is 11.2 Å². The highest BCUT2D eigenvalue weighted by molar-refractivity contribution is 9.15. The molecule has 2 aliphatic rings. The van der Waals surface area contributed by atoms with E-state index in [-0.39, 0.29) is 11.8 Å². The van der Waals surface area contributed by atoms with Gasteiger partial charge < -0.3 is 4.90 Å². The van der Waals surface area contributed by atoms with E-state index in [9.17, 15) is 4.79 Å². The molecular weight excluding hydrogens is 566 g/mol. The number of nitrogens with zero attached hydrogens (tertiary/aromatic N) is 3. The molecule has 0 N–H and O–H groups in total. The molecule has 1 aliphatic carbocycles. The number of fused-ring (bicyclic) bond motifs is 2. The van der Waals surface area contributed by atoms with E-state index < -0.39 is 0 Å². The normalized spacial score (nSPS) is 18.2. The summed E-state index contributed by atoms with van der Waals surface area (Å²) in [6, 6.07) is 12.1. The summed E-state index contributed by atoms with van der Waals surface area (Å²) in [5.74, 6) is 0.706. The summed E-state index contributed by atoms with van der Waals surface area (Å²) < 4.78 is 1.95. The Hall–Kier alpha value is -2.02. The van der Waals surface area contributed by atoms with Gasteiger partial charge in [-0.1, -0.05) is 33.6 Å². The van der Waals surface area contributed by atoms with E-state index in [1.807, 2.05) is 35.4 Å². The summed E-state index contributed by atoms with van der Waals surface area (Å²) in [6.45, 7) is 1.52. The number of rotatable bonds is 3. The lowest BCUT2D eigenvalue weighted by molar-refractivity contribution is -0.131. The van der Waals surface area contributed by atoms with Gasteiger partial charge in [0, 0.05) is 57.1 Å². The second-order valence-electron chi connectivity index (χ2n) is 8.58. The lowest BCUT2D eigenvalue weighted by Gasteiger charge is -2.37. The van der Waals surface area contributed by atoms with Crippen molar-refractivity contribution in [1.82, 2.24) is 14.9 Å². The lowest BCUT2D eigenvalue weighted by Crippen LogP contribution is -2.40. The molecule has 7 heteroatoms. The first-order valence-electron chi connectivity index (χ1n) is 11.0. The SMILES string of the molecule is O=C(Cc1ccncc1)N1CCC(C2c3ccc(Cl)cc3C=C(Br)c3cc(Br)cnc32)CC1. The maximum absolute atomic E-state index is 12.9. The average molecular weight is 588 g/mol. The Kier molecular flexibility index (Phi) is 6.68. The minimum absolute atomic E-state index is 0.143. The first-order chi connectivity index (χ1) is 16.0. The van der Waals surface area contributed by atoms with Gasteiger partial charge in [0.15, 0.2) is 0 Å². The molecule has 1 aromatic carbocycles. The number of likely N-dealkylation sites (tertiary alicyclic amines) is 1. The summed E-state index contributed by atoms with van der Waals surface area (Å²) in [6.07, 6.45) is 9.78. The van der Waals surface area contributed by atoms with Crippen molar-refractivity contribution in [2.24, 2.45) is 5.92 Å². The molecule has 5 rings (SSSR count). The summed E-state index contributed by atoms with van der Waals surface area (Å²) in [5.41, 5.74) is 5.53. The minimum atomic E-state index is 0.143. The molecule has 2 aromatic heterocycles. The second kappa shape index (κ2) is 9.69. The van der Waals surface area contributed by atoms with Crippen molar-refractivity contribution in [3.05, 3.63) is 92.4 Å². The highest BCUT2D eigenvalue weighted by Gasteiger charge is 2.35. The van der Waals surface area contributed by atoms with Crippen molar-refractivity contribution >= 4 is 59.9 Å². The zero-order valence-electron chi connectivity index (χ0n) is 17.8. The molecule has 3 aromatic rings. The number of hydrogen-bond donors (Lipinski definition) is 0. The van der Waals surface area contributed by atoms with E-state index in [4.69, 9.17) is 16.6 Å². The van der Waals surface area contributed by atoms with Gasteiger partial charge in [-0.3, -0.25) is 14.8 Å². The molecule has 0 saturated carbocycles. The van der Waals surface area contributed by atoms with Crippen LogP contribution in [0.4, 0.5) is 0 Å². The van der Waals surface area contributed by atoms with E-state index >= 15 is 0 Å². The van der Waals surface area contributed by atoms with Gasteiger partial charge >= 0.3 is 0 Å². The predicted octanol–water partition coefficient (Wildman–Crippen LogP) is 6.71. The fraction of sp³-hybridized carbons (Fsp3) is 0.269. The quantitative estimate of drug-likeness (QED) is 0.342. The van der Waals surface area contributed by atoms with Gasteiger partial charge in [-0.15, -0.1) is 0 Å². The van der Waals surface area contributed by atoms with Crippen LogP contribution < -0.4 is 0 Å². The Morgan fingerprint density at radius 2 is 1.85 bits per heavy atom. The predicted molar refractivity (Wildman–Crippen MR) is 139 cm³/mol.